The average Bonchev–Trinajstić information content (AvgIpc) is 2.75. The van der Waals surface area contributed by atoms with Gasteiger partial charge in [0, 0.05) is 6.42 Å². The van der Waals surface area contributed by atoms with Crippen LogP contribution in [0.25, 0.3) is 0 Å². The van der Waals surface area contributed by atoms with E-state index in [1.165, 1.54) is 21.3 Å². The molecule has 0 saturated heterocycles. The number of benzene rings is 1. The van der Waals surface area contributed by atoms with Crippen molar-refractivity contribution in [1.82, 2.24) is 10.6 Å². The van der Waals surface area contributed by atoms with Crippen LogP contribution in [0.4, 0.5) is 4.79 Å². The minimum absolute atomic E-state index is 0.00296. The first-order valence-electron chi connectivity index (χ1n) is 9.31. The second-order valence-electron chi connectivity index (χ2n) is 6.18. The van der Waals surface area contributed by atoms with Crippen LogP contribution in [0.5, 0.6) is 17.2 Å². The molecule has 164 valence electrons. The monoisotopic (exact) mass is 422 g/mol. The van der Waals surface area contributed by atoms with E-state index in [-0.39, 0.29) is 37.4 Å². The second kappa shape index (κ2) is 10.9. The number of amides is 2. The van der Waals surface area contributed by atoms with Crippen LogP contribution in [-0.2, 0) is 25.5 Å². The summed E-state index contributed by atoms with van der Waals surface area (Å²) in [7, 11) is 4.53. The van der Waals surface area contributed by atoms with E-state index in [4.69, 9.17) is 23.7 Å². The molecule has 1 aromatic rings. The molecule has 0 aromatic heterocycles. The van der Waals surface area contributed by atoms with Crippen LogP contribution in [0, 0.1) is 0 Å². The first-order valence-corrected chi connectivity index (χ1v) is 9.31. The number of hydrogen-bond donors (Lipinski definition) is 2. The Morgan fingerprint density at radius 2 is 1.70 bits per heavy atom. The molecule has 0 unspecified atom stereocenters. The van der Waals surface area contributed by atoms with Crippen LogP contribution < -0.4 is 24.8 Å². The summed E-state index contributed by atoms with van der Waals surface area (Å²) in [6.07, 6.45) is 0.445. The molecule has 30 heavy (non-hydrogen) atoms. The van der Waals surface area contributed by atoms with Gasteiger partial charge >= 0.3 is 18.0 Å². The van der Waals surface area contributed by atoms with Gasteiger partial charge in [0.25, 0.3) is 0 Å². The van der Waals surface area contributed by atoms with Crippen LogP contribution in [-0.4, -0.2) is 59.1 Å². The molecule has 0 spiro atoms. The zero-order valence-electron chi connectivity index (χ0n) is 17.5. The zero-order chi connectivity index (χ0) is 22.1. The smallest absolute Gasteiger partial charge is 0.337 e. The normalized spacial score (nSPS) is 13.1. The summed E-state index contributed by atoms with van der Waals surface area (Å²) >= 11 is 0. The van der Waals surface area contributed by atoms with E-state index in [0.29, 0.717) is 23.7 Å². The standard InChI is InChI=1S/C20H26N2O8/c1-5-29-19(24)13-10-21-20(25)22-14(13)11-30-17(23)7-6-12-8-15(26-2)18(28-4)16(9-12)27-3/h8-9H,5-7,10-11H2,1-4H3,(H2,21,22,25). The van der Waals surface area contributed by atoms with Crippen LogP contribution in [0.2, 0.25) is 0 Å². The van der Waals surface area contributed by atoms with Crippen molar-refractivity contribution in [2.24, 2.45) is 0 Å². The van der Waals surface area contributed by atoms with E-state index in [2.05, 4.69) is 10.6 Å². The van der Waals surface area contributed by atoms with Gasteiger partial charge in [-0.05, 0) is 31.0 Å². The van der Waals surface area contributed by atoms with Gasteiger partial charge in [-0.15, -0.1) is 0 Å². The minimum atomic E-state index is -0.575. The molecule has 1 aliphatic rings. The maximum Gasteiger partial charge on any atom is 0.337 e. The van der Waals surface area contributed by atoms with Crippen molar-refractivity contribution in [3.63, 3.8) is 0 Å². The second-order valence-corrected chi connectivity index (χ2v) is 6.18. The van der Waals surface area contributed by atoms with Crippen LogP contribution in [0.15, 0.2) is 23.4 Å². The van der Waals surface area contributed by atoms with E-state index in [9.17, 15) is 14.4 Å². The Morgan fingerprint density at radius 1 is 1.03 bits per heavy atom. The summed E-state index contributed by atoms with van der Waals surface area (Å²) in [6, 6.07) is 3.03. The summed E-state index contributed by atoms with van der Waals surface area (Å²) in [5, 5.41) is 4.97. The highest BCUT2D eigenvalue weighted by Gasteiger charge is 2.24. The van der Waals surface area contributed by atoms with E-state index in [0.717, 1.165) is 5.56 Å². The molecule has 2 amide bonds. The zero-order valence-corrected chi connectivity index (χ0v) is 17.5. The SMILES string of the molecule is CCOC(=O)C1=C(COC(=O)CCc2cc(OC)c(OC)c(OC)c2)NC(=O)NC1. The van der Waals surface area contributed by atoms with Crippen molar-refractivity contribution in [2.45, 2.75) is 19.8 Å². The number of ether oxygens (including phenoxy) is 5. The average molecular weight is 422 g/mol. The Bertz CT molecular complexity index is 809. The third-order valence-electron chi connectivity index (χ3n) is 4.30. The van der Waals surface area contributed by atoms with Gasteiger partial charge in [-0.3, -0.25) is 4.79 Å². The first kappa shape index (κ1) is 22.9. The lowest BCUT2D eigenvalue weighted by molar-refractivity contribution is -0.143. The summed E-state index contributed by atoms with van der Waals surface area (Å²) in [6.45, 7) is 1.63. The number of hydrogen-bond acceptors (Lipinski definition) is 8. The Hall–Kier alpha value is -3.43. The van der Waals surface area contributed by atoms with E-state index in [1.807, 2.05) is 0 Å². The summed E-state index contributed by atoms with van der Waals surface area (Å²) in [5.74, 6) is 0.371. The number of carbonyl (C=O) groups excluding carboxylic acids is 3. The van der Waals surface area contributed by atoms with Gasteiger partial charge < -0.3 is 34.3 Å². The molecule has 0 radical (unpaired) electrons. The molecule has 2 N–H and O–H groups in total. The molecule has 0 aliphatic carbocycles. The van der Waals surface area contributed by atoms with Gasteiger partial charge in [0.1, 0.15) is 6.61 Å². The van der Waals surface area contributed by atoms with E-state index >= 15 is 0 Å². The lowest BCUT2D eigenvalue weighted by Gasteiger charge is -2.21. The molecule has 10 nitrogen and oxygen atoms in total. The first-order chi connectivity index (χ1) is 14.4. The summed E-state index contributed by atoms with van der Waals surface area (Å²) < 4.78 is 26.1. The van der Waals surface area contributed by atoms with E-state index < -0.39 is 18.0 Å². The highest BCUT2D eigenvalue weighted by molar-refractivity contribution is 5.93. The maximum atomic E-state index is 12.2. The number of carbonyl (C=O) groups is 3. The number of rotatable bonds is 10. The van der Waals surface area contributed by atoms with Crippen molar-refractivity contribution in [2.75, 3.05) is 41.1 Å². The van der Waals surface area contributed by atoms with Crippen molar-refractivity contribution < 1.29 is 38.1 Å². The molecule has 1 heterocycles. The molecular formula is C20H26N2O8. The Labute approximate surface area is 174 Å². The fraction of sp³-hybridized carbons (Fsp3) is 0.450. The molecule has 1 aliphatic heterocycles. The molecule has 0 bridgehead atoms. The quantitative estimate of drug-likeness (QED) is 0.542. The van der Waals surface area contributed by atoms with Crippen molar-refractivity contribution >= 4 is 18.0 Å². The fourth-order valence-corrected chi connectivity index (χ4v) is 2.82. The molecule has 0 fully saturated rings. The van der Waals surface area contributed by atoms with Gasteiger partial charge in [0.15, 0.2) is 11.5 Å². The Balaban J connectivity index is 2.00. The highest BCUT2D eigenvalue weighted by Crippen LogP contribution is 2.38. The van der Waals surface area contributed by atoms with Gasteiger partial charge in [0.2, 0.25) is 5.75 Å². The van der Waals surface area contributed by atoms with Gasteiger partial charge in [-0.2, -0.15) is 0 Å². The number of urea groups is 1. The third-order valence-corrected chi connectivity index (χ3v) is 4.30. The predicted octanol–water partition coefficient (Wildman–Crippen LogP) is 1.32. The van der Waals surface area contributed by atoms with Crippen LogP contribution >= 0.6 is 0 Å². The molecule has 0 atom stereocenters. The highest BCUT2D eigenvalue weighted by atomic mass is 16.5. The molecule has 0 saturated carbocycles. The Morgan fingerprint density at radius 3 is 2.27 bits per heavy atom. The van der Waals surface area contributed by atoms with Crippen LogP contribution in [0.3, 0.4) is 0 Å². The van der Waals surface area contributed by atoms with Crippen molar-refractivity contribution in [1.29, 1.82) is 0 Å². The van der Waals surface area contributed by atoms with Crippen molar-refractivity contribution in [3.05, 3.63) is 29.0 Å². The maximum absolute atomic E-state index is 12.2. The van der Waals surface area contributed by atoms with Gasteiger partial charge in [-0.1, -0.05) is 0 Å². The van der Waals surface area contributed by atoms with Crippen LogP contribution in [0.1, 0.15) is 18.9 Å². The molecule has 2 rings (SSSR count). The number of aryl methyl sites for hydroxylation is 1. The summed E-state index contributed by atoms with van der Waals surface area (Å²) in [4.78, 5) is 35.7. The fourth-order valence-electron chi connectivity index (χ4n) is 2.82. The topological polar surface area (TPSA) is 121 Å². The molecule has 1 aromatic carbocycles. The Kier molecular flexibility index (Phi) is 8.33. The molecular weight excluding hydrogens is 396 g/mol. The lowest BCUT2D eigenvalue weighted by Crippen LogP contribution is -2.45. The summed E-state index contributed by atoms with van der Waals surface area (Å²) in [5.41, 5.74) is 1.22. The lowest BCUT2D eigenvalue weighted by atomic mass is 10.1. The largest absolute Gasteiger partial charge is 0.493 e. The number of nitrogens with one attached hydrogen (secondary N) is 2. The van der Waals surface area contributed by atoms with Gasteiger partial charge in [-0.25, -0.2) is 9.59 Å². The van der Waals surface area contributed by atoms with Gasteiger partial charge in [0.05, 0.1) is 45.8 Å². The predicted molar refractivity (Wildman–Crippen MR) is 106 cm³/mol. The minimum Gasteiger partial charge on any atom is -0.493 e. The van der Waals surface area contributed by atoms with E-state index in [1.54, 1.807) is 19.1 Å². The molecule has 10 heteroatoms. The number of esters is 2. The number of methoxy groups -OCH3 is 3. The van der Waals surface area contributed by atoms with Crippen molar-refractivity contribution in [3.8, 4) is 17.2 Å². The third kappa shape index (κ3) is 5.79.